The normalized spacial score (nSPS) is 19.0. The van der Waals surface area contributed by atoms with Gasteiger partial charge in [0.1, 0.15) is 23.7 Å². The van der Waals surface area contributed by atoms with E-state index in [0.29, 0.717) is 73.5 Å². The number of hydrogen-bond donors (Lipinski definition) is 6. The molecule has 412 valence electrons. The fraction of sp³-hybridized carbons (Fsp3) is 0.510. The topological polar surface area (TPSA) is 237 Å². The molecule has 0 spiro atoms. The van der Waals surface area contributed by atoms with Crippen LogP contribution >= 0.6 is 0 Å². The van der Waals surface area contributed by atoms with Gasteiger partial charge in [-0.25, -0.2) is 43.3 Å². The third-order valence-electron chi connectivity index (χ3n) is 14.2. The fourth-order valence-corrected chi connectivity index (χ4v) is 9.38. The number of carbonyl (C=O) groups excluding carboxylic acids is 3. The van der Waals surface area contributed by atoms with E-state index in [2.05, 4.69) is 39.8 Å². The SMILES string of the molecule is COC(=O)NC(C(=O)NC(Cc1ccc(-c2cnc(N3CC4CCC(C3)N4C3COC3)nc2)cc1)C(O)CN(Cc1c(F)cc(-c2ncccn2)cc1F)NC(=O)C(NC(=O)O)C(C)(C)C(F)(F)F)C(C)(C)C(F)(F)F. The molecule has 76 heavy (non-hydrogen) atoms. The van der Waals surface area contributed by atoms with E-state index in [1.54, 1.807) is 36.7 Å². The zero-order valence-corrected chi connectivity index (χ0v) is 41.8. The summed E-state index contributed by atoms with van der Waals surface area (Å²) in [6.07, 6.45) is -8.46. The number of nitrogens with zero attached hydrogens (tertiary/aromatic N) is 7. The molecule has 5 heterocycles. The van der Waals surface area contributed by atoms with Gasteiger partial charge in [0, 0.05) is 79.7 Å². The van der Waals surface area contributed by atoms with Gasteiger partial charge in [0.2, 0.25) is 11.9 Å². The van der Waals surface area contributed by atoms with Crippen LogP contribution in [-0.4, -0.2) is 159 Å². The molecule has 2 aromatic heterocycles. The number of aliphatic hydroxyl groups is 1. The molecule has 4 aromatic rings. The molecule has 0 radical (unpaired) electrons. The van der Waals surface area contributed by atoms with Crippen molar-refractivity contribution in [1.82, 2.24) is 51.2 Å². The molecule has 27 heteroatoms. The van der Waals surface area contributed by atoms with Gasteiger partial charge >= 0.3 is 24.5 Å². The number of rotatable bonds is 19. The number of fused-ring (bicyclic) bond motifs is 2. The number of aliphatic hydroxyl groups excluding tert-OH is 1. The van der Waals surface area contributed by atoms with Crippen molar-refractivity contribution in [3.05, 3.63) is 90.0 Å². The molecule has 19 nitrogen and oxygen atoms in total. The third-order valence-corrected chi connectivity index (χ3v) is 14.2. The molecule has 3 saturated heterocycles. The molecular weight excluding hydrogens is 1020 g/mol. The second kappa shape index (κ2) is 22.8. The lowest BCUT2D eigenvalue weighted by Gasteiger charge is -2.47. The Kier molecular flexibility index (Phi) is 17.1. The van der Waals surface area contributed by atoms with Crippen LogP contribution < -0.4 is 26.3 Å². The number of methoxy groups -OCH3 is 1. The average Bonchev–Trinajstić information content (AvgIpc) is 3.58. The molecule has 3 aliphatic rings. The molecule has 4 amide bonds. The van der Waals surface area contributed by atoms with Crippen LogP contribution in [0.5, 0.6) is 0 Å². The number of aromatic nitrogens is 4. The monoisotopic (exact) mass is 1080 g/mol. The smallest absolute Gasteiger partial charge is 0.407 e. The summed E-state index contributed by atoms with van der Waals surface area (Å²) in [5, 5.41) is 27.8. The standard InChI is InChI=1S/C49H57F8N11O8/c1-46(2,48(52,53)54)38(64-45(74)75-5)41(70)62-36(15-26-7-9-27(10-8-26)29-18-60-43(61-19-29)66-20-30-11-12-31(21-66)68(30)32-24-76-25-32)37(69)23-67(65-42(71)39(63-44(72)73)47(3,4)49(55,56)57)22-33-34(50)16-28(17-35(33)51)40-58-13-6-14-59-40/h6-10,13-14,16-19,30-32,36-39,63,69H,11-12,15,20-25H2,1-5H3,(H,62,70)(H,64,74)(H,65,71)(H,72,73). The number of alkyl carbamates (subject to hydrolysis) is 1. The highest BCUT2D eigenvalue weighted by Crippen LogP contribution is 2.42. The Labute approximate surface area is 430 Å². The number of piperazine rings is 1. The first-order chi connectivity index (χ1) is 35.7. The largest absolute Gasteiger partial charge is 0.465 e. The predicted molar refractivity (Wildman–Crippen MR) is 254 cm³/mol. The maximum absolute atomic E-state index is 16.0. The van der Waals surface area contributed by atoms with Crippen molar-refractivity contribution in [3.63, 3.8) is 0 Å². The van der Waals surface area contributed by atoms with Crippen LogP contribution in [-0.2, 0) is 32.0 Å². The van der Waals surface area contributed by atoms with E-state index >= 15 is 8.78 Å². The van der Waals surface area contributed by atoms with Crippen molar-refractivity contribution in [2.75, 3.05) is 44.9 Å². The molecule has 6 unspecified atom stereocenters. The van der Waals surface area contributed by atoms with E-state index in [9.17, 15) is 55.7 Å². The number of amides is 4. The minimum absolute atomic E-state index is 0.109. The number of benzene rings is 2. The molecule has 3 fully saturated rings. The van der Waals surface area contributed by atoms with Crippen molar-refractivity contribution in [2.24, 2.45) is 10.8 Å². The van der Waals surface area contributed by atoms with Gasteiger partial charge in [-0.1, -0.05) is 24.3 Å². The Balaban J connectivity index is 1.19. The first-order valence-electron chi connectivity index (χ1n) is 24.0. The number of halogens is 8. The first kappa shape index (κ1) is 56.9. The number of anilines is 1. The zero-order valence-electron chi connectivity index (χ0n) is 41.8. The van der Waals surface area contributed by atoms with E-state index in [4.69, 9.17) is 4.74 Å². The van der Waals surface area contributed by atoms with E-state index in [0.717, 1.165) is 58.4 Å². The quantitative estimate of drug-likeness (QED) is 0.0510. The van der Waals surface area contributed by atoms with Gasteiger partial charge in [0.05, 0.1) is 49.3 Å². The van der Waals surface area contributed by atoms with Crippen LogP contribution in [0.1, 0.15) is 51.7 Å². The van der Waals surface area contributed by atoms with Crippen molar-refractivity contribution in [1.29, 1.82) is 0 Å². The van der Waals surface area contributed by atoms with E-state index in [1.807, 2.05) is 10.7 Å². The van der Waals surface area contributed by atoms with Crippen LogP contribution in [0.15, 0.2) is 67.3 Å². The summed E-state index contributed by atoms with van der Waals surface area (Å²) in [5.74, 6) is -5.39. The van der Waals surface area contributed by atoms with Crippen molar-refractivity contribution < 1.29 is 74.0 Å². The highest BCUT2D eigenvalue weighted by atomic mass is 19.4. The Morgan fingerprint density at radius 1 is 0.776 bits per heavy atom. The summed E-state index contributed by atoms with van der Waals surface area (Å²) in [5.41, 5.74) is -3.62. The summed E-state index contributed by atoms with van der Waals surface area (Å²) in [7, 11) is 0.836. The van der Waals surface area contributed by atoms with Gasteiger partial charge in [-0.15, -0.1) is 0 Å². The average molecular weight is 1080 g/mol. The Morgan fingerprint density at radius 2 is 1.33 bits per heavy atom. The second-order valence-electron chi connectivity index (χ2n) is 20.0. The lowest BCUT2D eigenvalue weighted by molar-refractivity contribution is -0.221. The zero-order chi connectivity index (χ0) is 55.5. The number of ether oxygens (including phenoxy) is 2. The number of alkyl halides is 6. The van der Waals surface area contributed by atoms with Crippen LogP contribution in [0, 0.1) is 22.5 Å². The molecule has 0 saturated carbocycles. The van der Waals surface area contributed by atoms with Crippen LogP contribution in [0.3, 0.4) is 0 Å². The minimum atomic E-state index is -5.24. The highest BCUT2D eigenvalue weighted by molar-refractivity contribution is 5.87. The number of nitrogens with one attached hydrogen (secondary N) is 4. The second-order valence-corrected chi connectivity index (χ2v) is 20.0. The van der Waals surface area contributed by atoms with Gasteiger partial charge in [0.25, 0.3) is 5.91 Å². The summed E-state index contributed by atoms with van der Waals surface area (Å²) in [6, 6.07) is 3.74. The van der Waals surface area contributed by atoms with E-state index in [1.165, 1.54) is 23.8 Å². The molecule has 7 rings (SSSR count). The van der Waals surface area contributed by atoms with Crippen LogP contribution in [0.25, 0.3) is 22.5 Å². The number of carboxylic acid groups (broad SMARTS) is 1. The van der Waals surface area contributed by atoms with Crippen LogP contribution in [0.2, 0.25) is 0 Å². The number of carbonyl (C=O) groups is 4. The van der Waals surface area contributed by atoms with Gasteiger partial charge < -0.3 is 40.5 Å². The fourth-order valence-electron chi connectivity index (χ4n) is 9.38. The Morgan fingerprint density at radius 3 is 1.83 bits per heavy atom. The van der Waals surface area contributed by atoms with Crippen molar-refractivity contribution in [2.45, 2.75) is 108 Å². The maximum Gasteiger partial charge on any atom is 0.407 e. The predicted octanol–water partition coefficient (Wildman–Crippen LogP) is 5.39. The molecule has 0 aliphatic carbocycles. The summed E-state index contributed by atoms with van der Waals surface area (Å²) < 4.78 is 129. The Bertz CT molecular complexity index is 2670. The first-order valence-corrected chi connectivity index (χ1v) is 24.0. The minimum Gasteiger partial charge on any atom is -0.465 e. The Hall–Kier alpha value is -6.84. The molecule has 2 aromatic carbocycles. The van der Waals surface area contributed by atoms with E-state index < -0.39 is 108 Å². The lowest BCUT2D eigenvalue weighted by Crippen LogP contribution is -2.63. The van der Waals surface area contributed by atoms with Gasteiger partial charge in [-0.2, -0.15) is 26.3 Å². The summed E-state index contributed by atoms with van der Waals surface area (Å²) in [4.78, 5) is 74.0. The highest BCUT2D eigenvalue weighted by Gasteiger charge is 2.57. The van der Waals surface area contributed by atoms with Gasteiger partial charge in [0.15, 0.2) is 5.82 Å². The number of hydrazine groups is 1. The summed E-state index contributed by atoms with van der Waals surface area (Å²) in [6.45, 7) is 3.04. The molecule has 6 N–H and O–H groups in total. The van der Waals surface area contributed by atoms with Gasteiger partial charge in [-0.05, 0) is 76.3 Å². The molecule has 2 bridgehead atoms. The maximum atomic E-state index is 16.0. The molecule has 3 aliphatic heterocycles. The van der Waals surface area contributed by atoms with Crippen LogP contribution in [0.4, 0.5) is 50.7 Å². The number of hydrogen-bond acceptors (Lipinski definition) is 14. The van der Waals surface area contributed by atoms with Crippen molar-refractivity contribution >= 4 is 29.9 Å². The lowest BCUT2D eigenvalue weighted by atomic mass is 9.82. The molecule has 6 atom stereocenters. The summed E-state index contributed by atoms with van der Waals surface area (Å²) >= 11 is 0. The third kappa shape index (κ3) is 12.7. The molecular formula is C49H57F8N11O8. The van der Waals surface area contributed by atoms with E-state index in [-0.39, 0.29) is 11.4 Å². The van der Waals surface area contributed by atoms with Gasteiger partial charge in [-0.3, -0.25) is 19.9 Å². The van der Waals surface area contributed by atoms with Crippen molar-refractivity contribution in [3.8, 4) is 22.5 Å².